The number of hydrogen-bond donors (Lipinski definition) is 2. The normalized spacial score (nSPS) is 11.0. The number of thioether (sulfide) groups is 1. The second-order valence-electron chi connectivity index (χ2n) is 6.61. The summed E-state index contributed by atoms with van der Waals surface area (Å²) in [5.74, 6) is 0.358. The summed E-state index contributed by atoms with van der Waals surface area (Å²) in [6, 6.07) is 12.8. The molecule has 11 heteroatoms. The summed E-state index contributed by atoms with van der Waals surface area (Å²) in [5.41, 5.74) is 1.45. The second-order valence-corrected chi connectivity index (χ2v) is 8.03. The molecule has 2 heterocycles. The fourth-order valence-corrected chi connectivity index (χ4v) is 3.73. The first kappa shape index (κ1) is 21.0. The van der Waals surface area contributed by atoms with Crippen LogP contribution in [0.1, 0.15) is 11.4 Å². The number of aromatic nitrogens is 5. The molecule has 0 saturated carbocycles. The van der Waals surface area contributed by atoms with Crippen molar-refractivity contribution in [1.82, 2.24) is 25.0 Å². The van der Waals surface area contributed by atoms with Crippen molar-refractivity contribution in [1.29, 1.82) is 0 Å². The summed E-state index contributed by atoms with van der Waals surface area (Å²) in [5, 5.41) is 11.2. The average molecular weight is 459 g/mol. The van der Waals surface area contributed by atoms with Gasteiger partial charge in [0.1, 0.15) is 11.6 Å². The van der Waals surface area contributed by atoms with Crippen LogP contribution in [0, 0.1) is 5.82 Å². The third-order valence-electron chi connectivity index (χ3n) is 4.25. The number of nitrogens with zero attached hydrogens (tertiary/aromatic N) is 4. The second kappa shape index (κ2) is 9.27. The summed E-state index contributed by atoms with van der Waals surface area (Å²) in [6.07, 6.45) is 0. The Labute approximate surface area is 184 Å². The van der Waals surface area contributed by atoms with Gasteiger partial charge in [0, 0.05) is 10.7 Å². The van der Waals surface area contributed by atoms with Gasteiger partial charge >= 0.3 is 0 Å². The van der Waals surface area contributed by atoms with E-state index >= 15 is 0 Å². The largest absolute Gasteiger partial charge is 0.325 e. The molecule has 0 radical (unpaired) electrons. The van der Waals surface area contributed by atoms with E-state index in [1.54, 1.807) is 36.4 Å². The van der Waals surface area contributed by atoms with Crippen LogP contribution in [0.25, 0.3) is 11.2 Å². The molecule has 2 N–H and O–H groups in total. The number of carbonyl (C=O) groups is 1. The summed E-state index contributed by atoms with van der Waals surface area (Å²) < 4.78 is 14.6. The van der Waals surface area contributed by atoms with Crippen LogP contribution in [0.2, 0.25) is 5.02 Å². The molecular weight excluding hydrogens is 443 g/mol. The third kappa shape index (κ3) is 5.28. The van der Waals surface area contributed by atoms with Crippen LogP contribution in [0.3, 0.4) is 0 Å². The van der Waals surface area contributed by atoms with Crippen LogP contribution < -0.4 is 10.9 Å². The molecule has 8 nitrogen and oxygen atoms in total. The summed E-state index contributed by atoms with van der Waals surface area (Å²) >= 11 is 7.21. The Morgan fingerprint density at radius 1 is 1.23 bits per heavy atom. The van der Waals surface area contributed by atoms with Crippen molar-refractivity contribution < 1.29 is 9.18 Å². The van der Waals surface area contributed by atoms with Gasteiger partial charge in [-0.2, -0.15) is 0 Å². The molecule has 2 aromatic heterocycles. The lowest BCUT2D eigenvalue weighted by Crippen LogP contribution is -2.15. The number of hydrogen-bond acceptors (Lipinski definition) is 6. The smallest absolute Gasteiger partial charge is 0.281 e. The van der Waals surface area contributed by atoms with Crippen LogP contribution in [0.15, 0.2) is 53.3 Å². The van der Waals surface area contributed by atoms with E-state index in [1.165, 1.54) is 28.6 Å². The number of rotatable bonds is 7. The first-order valence-corrected chi connectivity index (χ1v) is 10.7. The van der Waals surface area contributed by atoms with Gasteiger partial charge in [-0.1, -0.05) is 35.0 Å². The van der Waals surface area contributed by atoms with Gasteiger partial charge in [-0.15, -0.1) is 16.9 Å². The average Bonchev–Trinajstić information content (AvgIpc) is 3.13. The van der Waals surface area contributed by atoms with E-state index in [1.807, 2.05) is 0 Å². The van der Waals surface area contributed by atoms with Crippen LogP contribution >= 0.6 is 23.4 Å². The Hall–Kier alpha value is -3.24. The number of nitrogens with one attached hydrogen (secondary N) is 2. The van der Waals surface area contributed by atoms with E-state index in [-0.39, 0.29) is 23.0 Å². The molecule has 1 amide bonds. The number of H-pyrrole nitrogens is 1. The quantitative estimate of drug-likeness (QED) is 0.440. The molecule has 0 fully saturated rings. The van der Waals surface area contributed by atoms with Crippen molar-refractivity contribution in [2.75, 3.05) is 11.1 Å². The van der Waals surface area contributed by atoms with Gasteiger partial charge in [0.2, 0.25) is 5.91 Å². The van der Waals surface area contributed by atoms with Gasteiger partial charge in [-0.25, -0.2) is 14.1 Å². The number of anilines is 1. The van der Waals surface area contributed by atoms with Crippen molar-refractivity contribution in [3.05, 3.63) is 81.1 Å². The zero-order valence-corrected chi connectivity index (χ0v) is 17.6. The first-order valence-electron chi connectivity index (χ1n) is 9.18. The van der Waals surface area contributed by atoms with Crippen LogP contribution in [-0.4, -0.2) is 36.6 Å². The maximum absolute atomic E-state index is 13.1. The standard InChI is InChI=1S/C20H16ClFN6O2S/c21-13-2-1-3-15(8-13)23-17(29)11-31-10-16-24-19-18(20(30)25-16)26-27-28(19)9-12-4-6-14(22)7-5-12/h1-8H,9-11H2,(H,23,29)(H,24,25,30). The fraction of sp³-hybridized carbons (Fsp3) is 0.150. The van der Waals surface area contributed by atoms with Gasteiger partial charge in [-0.3, -0.25) is 9.59 Å². The van der Waals surface area contributed by atoms with E-state index in [0.29, 0.717) is 34.5 Å². The molecule has 0 atom stereocenters. The summed E-state index contributed by atoms with van der Waals surface area (Å²) in [7, 11) is 0. The minimum atomic E-state index is -0.408. The number of halogens is 2. The molecule has 2 aromatic carbocycles. The maximum atomic E-state index is 13.1. The molecule has 0 aliphatic carbocycles. The highest BCUT2D eigenvalue weighted by atomic mass is 35.5. The van der Waals surface area contributed by atoms with Crippen molar-refractivity contribution in [3.8, 4) is 0 Å². The SMILES string of the molecule is O=C(CSCc1nc2c(nnn2Cc2ccc(F)cc2)c(=O)[nH]1)Nc1cccc(Cl)c1. The van der Waals surface area contributed by atoms with Crippen LogP contribution in [0.5, 0.6) is 0 Å². The van der Waals surface area contributed by atoms with Gasteiger partial charge in [-0.05, 0) is 35.9 Å². The molecular formula is C20H16ClFN6O2S. The molecule has 0 bridgehead atoms. The van der Waals surface area contributed by atoms with Gasteiger partial charge in [0.15, 0.2) is 11.2 Å². The summed E-state index contributed by atoms with van der Waals surface area (Å²) in [6.45, 7) is 0.294. The fourth-order valence-electron chi connectivity index (χ4n) is 2.85. The van der Waals surface area contributed by atoms with E-state index in [0.717, 1.165) is 5.56 Å². The molecule has 0 unspecified atom stereocenters. The van der Waals surface area contributed by atoms with Crippen LogP contribution in [0.4, 0.5) is 10.1 Å². The monoisotopic (exact) mass is 458 g/mol. The zero-order valence-electron chi connectivity index (χ0n) is 16.0. The Balaban J connectivity index is 1.42. The zero-order chi connectivity index (χ0) is 21.8. The number of carbonyl (C=O) groups excluding carboxylic acids is 1. The number of benzene rings is 2. The van der Waals surface area contributed by atoms with Gasteiger partial charge < -0.3 is 10.3 Å². The third-order valence-corrected chi connectivity index (χ3v) is 5.43. The lowest BCUT2D eigenvalue weighted by atomic mass is 10.2. The Morgan fingerprint density at radius 3 is 2.81 bits per heavy atom. The minimum absolute atomic E-state index is 0.120. The molecule has 0 aliphatic heterocycles. The molecule has 0 saturated heterocycles. The highest BCUT2D eigenvalue weighted by molar-refractivity contribution is 7.99. The van der Waals surface area contributed by atoms with Gasteiger partial charge in [0.05, 0.1) is 18.1 Å². The van der Waals surface area contributed by atoms with Gasteiger partial charge in [0.25, 0.3) is 5.56 Å². The highest BCUT2D eigenvalue weighted by Gasteiger charge is 2.13. The molecule has 4 rings (SSSR count). The number of amides is 1. The molecule has 0 spiro atoms. The van der Waals surface area contributed by atoms with E-state index in [4.69, 9.17) is 11.6 Å². The van der Waals surface area contributed by atoms with Crippen LogP contribution in [-0.2, 0) is 17.1 Å². The molecule has 0 aliphatic rings. The topological polar surface area (TPSA) is 106 Å². The van der Waals surface area contributed by atoms with Crippen molar-refractivity contribution >= 4 is 46.1 Å². The maximum Gasteiger partial charge on any atom is 0.281 e. The molecule has 158 valence electrons. The number of fused-ring (bicyclic) bond motifs is 1. The van der Waals surface area contributed by atoms with Crippen molar-refractivity contribution in [2.24, 2.45) is 0 Å². The lowest BCUT2D eigenvalue weighted by molar-refractivity contribution is -0.113. The molecule has 4 aromatic rings. The Kier molecular flexibility index (Phi) is 6.28. The minimum Gasteiger partial charge on any atom is -0.325 e. The first-order chi connectivity index (χ1) is 15.0. The lowest BCUT2D eigenvalue weighted by Gasteiger charge is -2.06. The van der Waals surface area contributed by atoms with E-state index < -0.39 is 5.56 Å². The highest BCUT2D eigenvalue weighted by Crippen LogP contribution is 2.16. The predicted octanol–water partition coefficient (Wildman–Crippen LogP) is 3.23. The van der Waals surface area contributed by atoms with E-state index in [2.05, 4.69) is 25.6 Å². The predicted molar refractivity (Wildman–Crippen MR) is 118 cm³/mol. The van der Waals surface area contributed by atoms with Crippen molar-refractivity contribution in [3.63, 3.8) is 0 Å². The van der Waals surface area contributed by atoms with E-state index in [9.17, 15) is 14.0 Å². The molecule has 31 heavy (non-hydrogen) atoms. The van der Waals surface area contributed by atoms with Crippen molar-refractivity contribution in [2.45, 2.75) is 12.3 Å². The summed E-state index contributed by atoms with van der Waals surface area (Å²) in [4.78, 5) is 31.5. The Bertz CT molecular complexity index is 1290. The number of aromatic amines is 1. The Morgan fingerprint density at radius 2 is 2.03 bits per heavy atom.